The van der Waals surface area contributed by atoms with Crippen molar-refractivity contribution in [1.82, 2.24) is 5.32 Å². The molecule has 0 saturated heterocycles. The Morgan fingerprint density at radius 1 is 1.20 bits per heavy atom. The Labute approximate surface area is 123 Å². The number of rotatable bonds is 8. The second kappa shape index (κ2) is 8.25. The molecule has 1 aromatic carbocycles. The van der Waals surface area contributed by atoms with Crippen LogP contribution in [0.15, 0.2) is 18.2 Å². The maximum atomic E-state index is 14.3. The van der Waals surface area contributed by atoms with Gasteiger partial charge in [0.1, 0.15) is 5.82 Å². The van der Waals surface area contributed by atoms with E-state index in [4.69, 9.17) is 0 Å². The molecule has 1 unspecified atom stereocenters. The third-order valence-electron chi connectivity index (χ3n) is 3.69. The van der Waals surface area contributed by atoms with Gasteiger partial charge in [-0.3, -0.25) is 0 Å². The molecule has 0 aromatic heterocycles. The molecule has 0 radical (unpaired) electrons. The van der Waals surface area contributed by atoms with Crippen molar-refractivity contribution in [3.63, 3.8) is 0 Å². The largest absolute Gasteiger partial charge is 0.366 e. The van der Waals surface area contributed by atoms with E-state index in [1.54, 1.807) is 12.1 Å². The quantitative estimate of drug-likeness (QED) is 0.768. The molecule has 1 rings (SSSR count). The van der Waals surface area contributed by atoms with Gasteiger partial charge in [0.05, 0.1) is 5.69 Å². The Kier molecular flexibility index (Phi) is 7.00. The van der Waals surface area contributed by atoms with E-state index in [2.05, 4.69) is 44.8 Å². The zero-order chi connectivity index (χ0) is 15.1. The molecule has 0 saturated carbocycles. The number of nitrogens with one attached hydrogen (secondary N) is 1. The molecule has 1 N–H and O–H groups in total. The zero-order valence-corrected chi connectivity index (χ0v) is 13.5. The van der Waals surface area contributed by atoms with Crippen LogP contribution in [0.2, 0.25) is 0 Å². The SMILES string of the molecule is CCC(C)N(CC)c1c(F)cccc1CNCC(C)C. The van der Waals surface area contributed by atoms with Gasteiger partial charge in [-0.25, -0.2) is 4.39 Å². The first-order chi connectivity index (χ1) is 9.51. The minimum atomic E-state index is -0.115. The van der Waals surface area contributed by atoms with Gasteiger partial charge < -0.3 is 10.2 Å². The van der Waals surface area contributed by atoms with E-state index in [1.807, 2.05) is 6.07 Å². The predicted molar refractivity (Wildman–Crippen MR) is 85.7 cm³/mol. The lowest BCUT2D eigenvalue weighted by molar-refractivity contribution is 0.544. The molecule has 2 nitrogen and oxygen atoms in total. The molecule has 0 amide bonds. The molecule has 0 spiro atoms. The fourth-order valence-electron chi connectivity index (χ4n) is 2.43. The summed E-state index contributed by atoms with van der Waals surface area (Å²) < 4.78 is 14.3. The van der Waals surface area contributed by atoms with Crippen molar-refractivity contribution in [2.75, 3.05) is 18.0 Å². The van der Waals surface area contributed by atoms with Crippen LogP contribution in [-0.2, 0) is 6.54 Å². The van der Waals surface area contributed by atoms with Crippen LogP contribution in [0.4, 0.5) is 10.1 Å². The second-order valence-corrected chi connectivity index (χ2v) is 5.82. The lowest BCUT2D eigenvalue weighted by Crippen LogP contribution is -2.34. The van der Waals surface area contributed by atoms with Crippen molar-refractivity contribution in [3.05, 3.63) is 29.6 Å². The third kappa shape index (κ3) is 4.48. The molecule has 0 bridgehead atoms. The lowest BCUT2D eigenvalue weighted by atomic mass is 10.1. The normalized spacial score (nSPS) is 12.8. The summed E-state index contributed by atoms with van der Waals surface area (Å²) in [6.07, 6.45) is 1.01. The molecule has 0 aliphatic rings. The van der Waals surface area contributed by atoms with Crippen molar-refractivity contribution >= 4 is 5.69 Å². The molecule has 0 aliphatic carbocycles. The highest BCUT2D eigenvalue weighted by molar-refractivity contribution is 5.55. The topological polar surface area (TPSA) is 15.3 Å². The van der Waals surface area contributed by atoms with Gasteiger partial charge in [-0.15, -0.1) is 0 Å². The molecule has 0 fully saturated rings. The Balaban J connectivity index is 2.97. The number of hydrogen-bond donors (Lipinski definition) is 1. The van der Waals surface area contributed by atoms with Gasteiger partial charge in [0.25, 0.3) is 0 Å². The molecular formula is C17H29FN2. The number of hydrogen-bond acceptors (Lipinski definition) is 2. The zero-order valence-electron chi connectivity index (χ0n) is 13.5. The van der Waals surface area contributed by atoms with Gasteiger partial charge in [-0.1, -0.05) is 32.9 Å². The Bertz CT molecular complexity index is 404. The predicted octanol–water partition coefficient (Wildman–Crippen LogP) is 4.20. The molecule has 1 atom stereocenters. The summed E-state index contributed by atoms with van der Waals surface area (Å²) in [7, 11) is 0. The van der Waals surface area contributed by atoms with Gasteiger partial charge in [0.15, 0.2) is 0 Å². The standard InChI is InChI=1S/C17H29FN2/c1-6-14(5)20(7-2)17-15(9-8-10-16(17)18)12-19-11-13(3)4/h8-10,13-14,19H,6-7,11-12H2,1-5H3. The van der Waals surface area contributed by atoms with Crippen LogP contribution >= 0.6 is 0 Å². The first-order valence-electron chi connectivity index (χ1n) is 7.75. The summed E-state index contributed by atoms with van der Waals surface area (Å²) in [5.41, 5.74) is 1.81. The van der Waals surface area contributed by atoms with Crippen molar-refractivity contribution in [3.8, 4) is 0 Å². The van der Waals surface area contributed by atoms with E-state index < -0.39 is 0 Å². The maximum Gasteiger partial charge on any atom is 0.146 e. The van der Waals surface area contributed by atoms with Crippen molar-refractivity contribution < 1.29 is 4.39 Å². The fourth-order valence-corrected chi connectivity index (χ4v) is 2.43. The number of halogens is 1. The monoisotopic (exact) mass is 280 g/mol. The van der Waals surface area contributed by atoms with Gasteiger partial charge >= 0.3 is 0 Å². The Morgan fingerprint density at radius 3 is 2.45 bits per heavy atom. The molecule has 114 valence electrons. The summed E-state index contributed by atoms with van der Waals surface area (Å²) in [6.45, 7) is 13.2. The second-order valence-electron chi connectivity index (χ2n) is 5.82. The van der Waals surface area contributed by atoms with Gasteiger partial charge in [-0.05, 0) is 44.4 Å². The van der Waals surface area contributed by atoms with Crippen LogP contribution in [0.1, 0.15) is 46.6 Å². The summed E-state index contributed by atoms with van der Waals surface area (Å²) in [4.78, 5) is 2.17. The molecule has 0 aliphatic heterocycles. The molecular weight excluding hydrogens is 251 g/mol. The van der Waals surface area contributed by atoms with Crippen LogP contribution < -0.4 is 10.2 Å². The van der Waals surface area contributed by atoms with E-state index in [1.165, 1.54) is 0 Å². The summed E-state index contributed by atoms with van der Waals surface area (Å²) >= 11 is 0. The average molecular weight is 280 g/mol. The smallest absolute Gasteiger partial charge is 0.146 e. The number of para-hydroxylation sites is 1. The van der Waals surface area contributed by atoms with Gasteiger partial charge in [-0.2, -0.15) is 0 Å². The van der Waals surface area contributed by atoms with E-state index in [9.17, 15) is 4.39 Å². The van der Waals surface area contributed by atoms with Crippen molar-refractivity contribution in [2.24, 2.45) is 5.92 Å². The van der Waals surface area contributed by atoms with E-state index in [0.717, 1.165) is 37.3 Å². The number of benzene rings is 1. The minimum absolute atomic E-state index is 0.115. The Morgan fingerprint density at radius 2 is 1.90 bits per heavy atom. The highest BCUT2D eigenvalue weighted by atomic mass is 19.1. The fraction of sp³-hybridized carbons (Fsp3) is 0.647. The molecule has 1 aromatic rings. The third-order valence-corrected chi connectivity index (χ3v) is 3.69. The minimum Gasteiger partial charge on any atom is -0.366 e. The highest BCUT2D eigenvalue weighted by Gasteiger charge is 2.18. The van der Waals surface area contributed by atoms with Crippen LogP contribution in [-0.4, -0.2) is 19.1 Å². The van der Waals surface area contributed by atoms with Crippen LogP contribution in [0.5, 0.6) is 0 Å². The van der Waals surface area contributed by atoms with Crippen LogP contribution in [0, 0.1) is 11.7 Å². The molecule has 0 heterocycles. The Hall–Kier alpha value is -1.09. The van der Waals surface area contributed by atoms with E-state index in [0.29, 0.717) is 12.0 Å². The first kappa shape index (κ1) is 17.0. The van der Waals surface area contributed by atoms with Gasteiger partial charge in [0.2, 0.25) is 0 Å². The van der Waals surface area contributed by atoms with Gasteiger partial charge in [0, 0.05) is 19.1 Å². The first-order valence-corrected chi connectivity index (χ1v) is 7.75. The summed E-state index contributed by atoms with van der Waals surface area (Å²) in [5.74, 6) is 0.486. The van der Waals surface area contributed by atoms with Crippen LogP contribution in [0.25, 0.3) is 0 Å². The summed E-state index contributed by atoms with van der Waals surface area (Å²) in [5, 5.41) is 3.41. The highest BCUT2D eigenvalue weighted by Crippen LogP contribution is 2.27. The van der Waals surface area contributed by atoms with Crippen molar-refractivity contribution in [1.29, 1.82) is 0 Å². The molecule has 3 heteroatoms. The maximum absolute atomic E-state index is 14.3. The van der Waals surface area contributed by atoms with E-state index in [-0.39, 0.29) is 5.82 Å². The lowest BCUT2D eigenvalue weighted by Gasteiger charge is -2.32. The van der Waals surface area contributed by atoms with Crippen LogP contribution in [0.3, 0.4) is 0 Å². The molecule has 20 heavy (non-hydrogen) atoms. The average Bonchev–Trinajstić information content (AvgIpc) is 2.41. The van der Waals surface area contributed by atoms with Crippen molar-refractivity contribution in [2.45, 2.75) is 53.6 Å². The number of anilines is 1. The number of nitrogens with zero attached hydrogens (tertiary/aromatic N) is 1. The van der Waals surface area contributed by atoms with E-state index >= 15 is 0 Å². The summed E-state index contributed by atoms with van der Waals surface area (Å²) in [6, 6.07) is 5.74.